The molecule has 2 aromatic carbocycles. The zero-order chi connectivity index (χ0) is 21.2. The summed E-state index contributed by atoms with van der Waals surface area (Å²) in [5, 5.41) is 13.5. The number of hydrogen-bond acceptors (Lipinski definition) is 4. The Morgan fingerprint density at radius 3 is 2.71 bits per heavy atom. The number of aromatic nitrogens is 4. The number of para-hydroxylation sites is 1. The van der Waals surface area contributed by atoms with Gasteiger partial charge in [-0.05, 0) is 43.2 Å². The second kappa shape index (κ2) is 8.55. The first-order valence-corrected chi connectivity index (χ1v) is 11.4. The minimum absolute atomic E-state index is 0.000740. The van der Waals surface area contributed by atoms with E-state index in [1.807, 2.05) is 35.0 Å². The molecule has 31 heavy (non-hydrogen) atoms. The Kier molecular flexibility index (Phi) is 5.46. The van der Waals surface area contributed by atoms with Crippen LogP contribution in [0.4, 0.5) is 4.39 Å². The molecule has 1 saturated carbocycles. The van der Waals surface area contributed by atoms with Crippen LogP contribution in [0.1, 0.15) is 25.7 Å². The molecule has 0 spiro atoms. The van der Waals surface area contributed by atoms with E-state index in [-0.39, 0.29) is 23.5 Å². The zero-order valence-corrected chi connectivity index (χ0v) is 17.7. The van der Waals surface area contributed by atoms with Crippen LogP contribution >= 0.6 is 11.8 Å². The summed E-state index contributed by atoms with van der Waals surface area (Å²) in [4.78, 5) is 15.7. The molecule has 0 bridgehead atoms. The number of aromatic amines is 1. The normalized spacial score (nSPS) is 14.4. The molecule has 0 saturated heterocycles. The molecule has 5 rings (SSSR count). The number of hydrogen-bond donors (Lipinski definition) is 2. The van der Waals surface area contributed by atoms with Crippen molar-refractivity contribution in [1.82, 2.24) is 25.1 Å². The Balaban J connectivity index is 1.48. The van der Waals surface area contributed by atoms with Gasteiger partial charge in [0.2, 0.25) is 5.91 Å². The minimum Gasteiger partial charge on any atom is -0.360 e. The van der Waals surface area contributed by atoms with Gasteiger partial charge in [-0.25, -0.2) is 4.39 Å². The smallest absolute Gasteiger partial charge is 0.230 e. The van der Waals surface area contributed by atoms with Crippen molar-refractivity contribution in [3.05, 3.63) is 60.5 Å². The Morgan fingerprint density at radius 1 is 1.13 bits per heavy atom. The van der Waals surface area contributed by atoms with Crippen molar-refractivity contribution in [2.75, 3.05) is 5.75 Å². The van der Waals surface area contributed by atoms with Crippen molar-refractivity contribution in [2.45, 2.75) is 36.9 Å². The lowest BCUT2D eigenvalue weighted by atomic mass is 10.1. The summed E-state index contributed by atoms with van der Waals surface area (Å²) in [5.41, 5.74) is 2.64. The summed E-state index contributed by atoms with van der Waals surface area (Å²) in [5.74, 6) is 0.585. The number of amides is 1. The van der Waals surface area contributed by atoms with Crippen molar-refractivity contribution >= 4 is 28.6 Å². The van der Waals surface area contributed by atoms with Crippen LogP contribution in [0.5, 0.6) is 0 Å². The van der Waals surface area contributed by atoms with E-state index in [1.54, 1.807) is 12.1 Å². The van der Waals surface area contributed by atoms with Gasteiger partial charge in [0.25, 0.3) is 0 Å². The number of halogens is 1. The van der Waals surface area contributed by atoms with Crippen molar-refractivity contribution in [3.63, 3.8) is 0 Å². The van der Waals surface area contributed by atoms with Gasteiger partial charge < -0.3 is 10.3 Å². The first kappa shape index (κ1) is 19.8. The molecular weight excluding hydrogens is 413 g/mol. The molecule has 0 aliphatic heterocycles. The molecule has 158 valence electrons. The lowest BCUT2D eigenvalue weighted by Gasteiger charge is -2.12. The summed E-state index contributed by atoms with van der Waals surface area (Å²) in [6, 6.07) is 14.5. The fourth-order valence-corrected chi connectivity index (χ4v) is 4.85. The van der Waals surface area contributed by atoms with E-state index in [0.29, 0.717) is 11.0 Å². The third-order valence-electron chi connectivity index (χ3n) is 5.60. The van der Waals surface area contributed by atoms with Gasteiger partial charge in [-0.2, -0.15) is 0 Å². The Morgan fingerprint density at radius 2 is 1.90 bits per heavy atom. The monoisotopic (exact) mass is 435 g/mol. The molecule has 1 aliphatic rings. The highest BCUT2D eigenvalue weighted by molar-refractivity contribution is 7.99. The molecule has 6 nitrogen and oxygen atoms in total. The highest BCUT2D eigenvalue weighted by Crippen LogP contribution is 2.32. The number of fused-ring (bicyclic) bond motifs is 1. The molecule has 0 atom stereocenters. The van der Waals surface area contributed by atoms with Crippen LogP contribution in [0.15, 0.2) is 59.9 Å². The molecule has 1 fully saturated rings. The summed E-state index contributed by atoms with van der Waals surface area (Å²) >= 11 is 1.33. The van der Waals surface area contributed by atoms with Crippen molar-refractivity contribution in [2.24, 2.45) is 0 Å². The molecule has 0 radical (unpaired) electrons. The largest absolute Gasteiger partial charge is 0.360 e. The van der Waals surface area contributed by atoms with Gasteiger partial charge in [0.1, 0.15) is 5.82 Å². The van der Waals surface area contributed by atoms with Gasteiger partial charge in [0.05, 0.1) is 5.75 Å². The SMILES string of the molecule is O=C(CSc1nnc(-c2c[nH]c3ccccc23)n1-c1ccc(F)cc1)NC1CCCC1. The molecule has 1 aliphatic carbocycles. The number of rotatable bonds is 6. The van der Waals surface area contributed by atoms with Gasteiger partial charge in [0, 0.05) is 34.4 Å². The second-order valence-electron chi connectivity index (χ2n) is 7.70. The molecule has 2 heterocycles. The van der Waals surface area contributed by atoms with Gasteiger partial charge in [0.15, 0.2) is 11.0 Å². The Hall–Kier alpha value is -3.13. The fraction of sp³-hybridized carbons (Fsp3) is 0.261. The highest BCUT2D eigenvalue weighted by atomic mass is 32.2. The lowest BCUT2D eigenvalue weighted by Crippen LogP contribution is -2.33. The molecule has 2 aromatic heterocycles. The Labute approximate surface area is 183 Å². The number of thioether (sulfide) groups is 1. The fourth-order valence-electron chi connectivity index (χ4n) is 4.09. The Bertz CT molecular complexity index is 1210. The van der Waals surface area contributed by atoms with E-state index in [2.05, 4.69) is 20.5 Å². The zero-order valence-electron chi connectivity index (χ0n) is 16.8. The van der Waals surface area contributed by atoms with Crippen LogP contribution in [-0.2, 0) is 4.79 Å². The second-order valence-corrected chi connectivity index (χ2v) is 8.65. The number of carbonyl (C=O) groups excluding carboxylic acids is 1. The third-order valence-corrected chi connectivity index (χ3v) is 6.53. The molecule has 4 aromatic rings. The summed E-state index contributed by atoms with van der Waals surface area (Å²) in [6.45, 7) is 0. The van der Waals surface area contributed by atoms with E-state index in [4.69, 9.17) is 0 Å². The summed E-state index contributed by atoms with van der Waals surface area (Å²) < 4.78 is 15.4. The number of benzene rings is 2. The van der Waals surface area contributed by atoms with Crippen LogP contribution in [0, 0.1) is 5.82 Å². The standard InChI is InChI=1S/C23H22FN5OS/c24-15-9-11-17(12-10-15)29-22(19-13-25-20-8-4-3-7-18(19)20)27-28-23(29)31-14-21(30)26-16-5-1-2-6-16/h3-4,7-13,16,25H,1-2,5-6,14H2,(H,26,30). The van der Waals surface area contributed by atoms with E-state index < -0.39 is 0 Å². The average Bonchev–Trinajstić information content (AvgIpc) is 3.52. The topological polar surface area (TPSA) is 75.6 Å². The van der Waals surface area contributed by atoms with Crippen LogP contribution < -0.4 is 5.32 Å². The maximum absolute atomic E-state index is 13.6. The van der Waals surface area contributed by atoms with Crippen molar-refractivity contribution < 1.29 is 9.18 Å². The summed E-state index contributed by atoms with van der Waals surface area (Å²) in [6.07, 6.45) is 6.34. The van der Waals surface area contributed by atoms with E-state index >= 15 is 0 Å². The lowest BCUT2D eigenvalue weighted by molar-refractivity contribution is -0.119. The summed E-state index contributed by atoms with van der Waals surface area (Å²) in [7, 11) is 0. The van der Waals surface area contributed by atoms with Crippen molar-refractivity contribution in [1.29, 1.82) is 0 Å². The van der Waals surface area contributed by atoms with E-state index in [1.165, 1.54) is 36.7 Å². The predicted molar refractivity (Wildman–Crippen MR) is 120 cm³/mol. The number of carbonyl (C=O) groups is 1. The van der Waals surface area contributed by atoms with E-state index in [0.717, 1.165) is 35.0 Å². The maximum Gasteiger partial charge on any atom is 0.230 e. The van der Waals surface area contributed by atoms with Crippen LogP contribution in [0.25, 0.3) is 28.0 Å². The van der Waals surface area contributed by atoms with Crippen molar-refractivity contribution in [3.8, 4) is 17.1 Å². The molecule has 0 unspecified atom stereocenters. The van der Waals surface area contributed by atoms with Gasteiger partial charge in [-0.1, -0.05) is 42.8 Å². The number of H-pyrrole nitrogens is 1. The first-order chi connectivity index (χ1) is 15.2. The van der Waals surface area contributed by atoms with Crippen LogP contribution in [-0.4, -0.2) is 37.5 Å². The number of nitrogens with zero attached hydrogens (tertiary/aromatic N) is 3. The third kappa shape index (κ3) is 4.07. The van der Waals surface area contributed by atoms with E-state index in [9.17, 15) is 9.18 Å². The molecule has 8 heteroatoms. The number of nitrogens with one attached hydrogen (secondary N) is 2. The van der Waals surface area contributed by atoms with Gasteiger partial charge in [-0.3, -0.25) is 9.36 Å². The first-order valence-electron chi connectivity index (χ1n) is 10.4. The highest BCUT2D eigenvalue weighted by Gasteiger charge is 2.21. The van der Waals surface area contributed by atoms with Gasteiger partial charge in [-0.15, -0.1) is 10.2 Å². The van der Waals surface area contributed by atoms with Crippen LogP contribution in [0.2, 0.25) is 0 Å². The predicted octanol–water partition coefficient (Wildman–Crippen LogP) is 4.71. The van der Waals surface area contributed by atoms with Crippen LogP contribution in [0.3, 0.4) is 0 Å². The maximum atomic E-state index is 13.6. The van der Waals surface area contributed by atoms with Gasteiger partial charge >= 0.3 is 0 Å². The molecule has 2 N–H and O–H groups in total. The average molecular weight is 436 g/mol. The molecular formula is C23H22FN5OS. The molecule has 1 amide bonds. The minimum atomic E-state index is -0.310. The quantitative estimate of drug-likeness (QED) is 0.430.